The Balaban J connectivity index is 0.000000479. The fourth-order valence-corrected chi connectivity index (χ4v) is 3.56. The van der Waals surface area contributed by atoms with Crippen molar-refractivity contribution in [1.82, 2.24) is 25.3 Å². The van der Waals surface area contributed by atoms with E-state index in [9.17, 15) is 18.0 Å². The molecule has 0 saturated heterocycles. The molecule has 3 aromatic heterocycles. The SMILES string of the molecule is Cc1noc(C(CC(=O)O)Cc2nc(CCCc3ccc4c(n3)NCCC4)no2)n1.O=C(O)C(F)(F)F. The Bertz CT molecular complexity index is 1210. The van der Waals surface area contributed by atoms with Crippen LogP contribution < -0.4 is 5.32 Å². The molecule has 1 atom stereocenters. The van der Waals surface area contributed by atoms with Crippen molar-refractivity contribution < 1.29 is 42.0 Å². The van der Waals surface area contributed by atoms with Crippen molar-refractivity contribution >= 4 is 17.8 Å². The van der Waals surface area contributed by atoms with Crippen LogP contribution in [0.2, 0.25) is 0 Å². The molecular formula is C22H25F3N6O6. The molecule has 200 valence electrons. The Hall–Kier alpha value is -4.04. The van der Waals surface area contributed by atoms with E-state index in [4.69, 9.17) is 29.0 Å². The van der Waals surface area contributed by atoms with Crippen molar-refractivity contribution in [2.24, 2.45) is 0 Å². The van der Waals surface area contributed by atoms with Crippen molar-refractivity contribution in [2.45, 2.75) is 64.0 Å². The van der Waals surface area contributed by atoms with Gasteiger partial charge in [-0.05, 0) is 44.2 Å². The van der Waals surface area contributed by atoms with Crippen LogP contribution in [0, 0.1) is 6.92 Å². The van der Waals surface area contributed by atoms with E-state index in [0.29, 0.717) is 24.0 Å². The molecule has 0 spiro atoms. The third-order valence-corrected chi connectivity index (χ3v) is 5.27. The molecule has 0 aromatic carbocycles. The minimum absolute atomic E-state index is 0.155. The molecule has 0 bridgehead atoms. The number of carbonyl (C=O) groups is 2. The predicted octanol–water partition coefficient (Wildman–Crippen LogP) is 3.12. The van der Waals surface area contributed by atoms with Gasteiger partial charge in [0.15, 0.2) is 11.6 Å². The summed E-state index contributed by atoms with van der Waals surface area (Å²) in [7, 11) is 0. The molecule has 37 heavy (non-hydrogen) atoms. The van der Waals surface area contributed by atoms with Crippen molar-refractivity contribution in [3.63, 3.8) is 0 Å². The second-order valence-electron chi connectivity index (χ2n) is 8.28. The Kier molecular flexibility index (Phi) is 9.14. The molecule has 0 aliphatic carbocycles. The number of nitrogens with zero attached hydrogens (tertiary/aromatic N) is 5. The van der Waals surface area contributed by atoms with Crippen LogP contribution in [0.15, 0.2) is 21.2 Å². The summed E-state index contributed by atoms with van der Waals surface area (Å²) in [4.78, 5) is 33.3. The van der Waals surface area contributed by atoms with Gasteiger partial charge in [0.05, 0.1) is 12.3 Å². The highest BCUT2D eigenvalue weighted by Gasteiger charge is 2.38. The molecule has 12 nitrogen and oxygen atoms in total. The lowest BCUT2D eigenvalue weighted by molar-refractivity contribution is -0.192. The number of hydrogen-bond donors (Lipinski definition) is 3. The highest BCUT2D eigenvalue weighted by Crippen LogP contribution is 2.23. The van der Waals surface area contributed by atoms with Crippen LogP contribution in [0.5, 0.6) is 0 Å². The fourth-order valence-electron chi connectivity index (χ4n) is 3.56. The Morgan fingerprint density at radius 1 is 1.11 bits per heavy atom. The van der Waals surface area contributed by atoms with Crippen molar-refractivity contribution in [2.75, 3.05) is 11.9 Å². The molecule has 4 heterocycles. The number of alkyl halides is 3. The molecule has 0 amide bonds. The molecule has 3 N–H and O–H groups in total. The van der Waals surface area contributed by atoms with E-state index in [1.807, 2.05) is 0 Å². The molecule has 3 aromatic rings. The minimum atomic E-state index is -5.08. The van der Waals surface area contributed by atoms with Gasteiger partial charge in [-0.15, -0.1) is 0 Å². The number of aromatic nitrogens is 5. The van der Waals surface area contributed by atoms with Crippen molar-refractivity contribution in [3.05, 3.63) is 46.8 Å². The van der Waals surface area contributed by atoms with Gasteiger partial charge < -0.3 is 24.6 Å². The van der Waals surface area contributed by atoms with Crippen molar-refractivity contribution in [1.29, 1.82) is 0 Å². The standard InChI is InChI=1S/C20H24N6O4.C2HF3O2/c1-12-22-20(30-25-12)14(11-18(27)28)10-17-24-16(26-29-17)6-2-5-15-8-7-13-4-3-9-21-19(13)23-15;3-2(4,5)1(6)7/h7-8,14H,2-6,9-11H2,1H3,(H,21,23)(H,27,28);(H,6,7). The quantitative estimate of drug-likeness (QED) is 0.372. The molecular weight excluding hydrogens is 501 g/mol. The molecule has 0 radical (unpaired) electrons. The third kappa shape index (κ3) is 8.54. The molecule has 1 aliphatic rings. The lowest BCUT2D eigenvalue weighted by Gasteiger charge is -2.17. The first-order valence-corrected chi connectivity index (χ1v) is 11.4. The van der Waals surface area contributed by atoms with E-state index in [2.05, 4.69) is 37.7 Å². The summed E-state index contributed by atoms with van der Waals surface area (Å²) < 4.78 is 42.2. The first-order chi connectivity index (χ1) is 17.5. The first-order valence-electron chi connectivity index (χ1n) is 11.4. The first kappa shape index (κ1) is 27.5. The summed E-state index contributed by atoms with van der Waals surface area (Å²) in [5, 5.41) is 27.4. The number of fused-ring (bicyclic) bond motifs is 1. The van der Waals surface area contributed by atoms with Gasteiger partial charge in [-0.25, -0.2) is 9.78 Å². The van der Waals surface area contributed by atoms with Gasteiger partial charge in [-0.3, -0.25) is 4.79 Å². The Morgan fingerprint density at radius 2 is 1.86 bits per heavy atom. The maximum absolute atomic E-state index is 11.2. The topological polar surface area (TPSA) is 177 Å². The largest absolute Gasteiger partial charge is 0.490 e. The number of halogens is 3. The van der Waals surface area contributed by atoms with E-state index in [-0.39, 0.29) is 18.7 Å². The van der Waals surface area contributed by atoms with Gasteiger partial charge in [0.25, 0.3) is 0 Å². The third-order valence-electron chi connectivity index (χ3n) is 5.27. The van der Waals surface area contributed by atoms with Crippen LogP contribution in [0.3, 0.4) is 0 Å². The Labute approximate surface area is 208 Å². The van der Waals surface area contributed by atoms with E-state index in [1.165, 1.54) is 5.56 Å². The van der Waals surface area contributed by atoms with Crippen molar-refractivity contribution in [3.8, 4) is 0 Å². The summed E-state index contributed by atoms with van der Waals surface area (Å²) >= 11 is 0. The molecule has 0 fully saturated rings. The molecule has 1 unspecified atom stereocenters. The van der Waals surface area contributed by atoms with E-state index in [1.54, 1.807) is 6.92 Å². The smallest absolute Gasteiger partial charge is 0.481 e. The zero-order valence-corrected chi connectivity index (χ0v) is 19.8. The number of anilines is 1. The van der Waals surface area contributed by atoms with E-state index >= 15 is 0 Å². The van der Waals surface area contributed by atoms with Crippen LogP contribution in [-0.2, 0) is 35.3 Å². The average molecular weight is 526 g/mol. The number of aryl methyl sites for hydroxylation is 4. The monoisotopic (exact) mass is 526 g/mol. The Morgan fingerprint density at radius 3 is 2.51 bits per heavy atom. The fraction of sp³-hybridized carbons (Fsp3) is 0.500. The molecule has 0 saturated carbocycles. The van der Waals surface area contributed by atoms with Crippen LogP contribution in [0.1, 0.15) is 59.9 Å². The minimum Gasteiger partial charge on any atom is -0.481 e. The number of nitrogens with one attached hydrogen (secondary N) is 1. The maximum Gasteiger partial charge on any atom is 0.490 e. The van der Waals surface area contributed by atoms with Crippen LogP contribution in [0.4, 0.5) is 19.0 Å². The van der Waals surface area contributed by atoms with Crippen LogP contribution in [-0.4, -0.2) is 60.1 Å². The van der Waals surface area contributed by atoms with Crippen LogP contribution in [0.25, 0.3) is 0 Å². The van der Waals surface area contributed by atoms with E-state index in [0.717, 1.165) is 43.7 Å². The van der Waals surface area contributed by atoms with Gasteiger partial charge in [-0.1, -0.05) is 16.4 Å². The summed E-state index contributed by atoms with van der Waals surface area (Å²) in [6.07, 6.45) is -0.468. The maximum atomic E-state index is 11.2. The molecule has 1 aliphatic heterocycles. The molecule has 15 heteroatoms. The summed E-state index contributed by atoms with van der Waals surface area (Å²) in [5.74, 6) is -1.54. The predicted molar refractivity (Wildman–Crippen MR) is 119 cm³/mol. The normalized spacial score (nSPS) is 13.6. The van der Waals surface area contributed by atoms with Gasteiger partial charge in [0.1, 0.15) is 5.82 Å². The number of hydrogen-bond acceptors (Lipinski definition) is 10. The highest BCUT2D eigenvalue weighted by molar-refractivity contribution is 5.73. The zero-order valence-electron chi connectivity index (χ0n) is 19.8. The lowest BCUT2D eigenvalue weighted by Crippen LogP contribution is -2.21. The van der Waals surface area contributed by atoms with Gasteiger partial charge in [0, 0.05) is 25.1 Å². The summed E-state index contributed by atoms with van der Waals surface area (Å²) in [5.41, 5.74) is 2.32. The van der Waals surface area contributed by atoms with Gasteiger partial charge in [0.2, 0.25) is 11.8 Å². The highest BCUT2D eigenvalue weighted by atomic mass is 19.4. The zero-order chi connectivity index (χ0) is 27.0. The summed E-state index contributed by atoms with van der Waals surface area (Å²) in [6, 6.07) is 4.23. The number of pyridine rings is 1. The van der Waals surface area contributed by atoms with Gasteiger partial charge >= 0.3 is 18.1 Å². The van der Waals surface area contributed by atoms with E-state index < -0.39 is 24.0 Å². The molecule has 4 rings (SSSR count). The average Bonchev–Trinajstić information content (AvgIpc) is 3.47. The van der Waals surface area contributed by atoms with Crippen LogP contribution >= 0.6 is 0 Å². The summed E-state index contributed by atoms with van der Waals surface area (Å²) in [6.45, 7) is 2.66. The number of rotatable bonds is 9. The lowest BCUT2D eigenvalue weighted by atomic mass is 10.0. The van der Waals surface area contributed by atoms with Gasteiger partial charge in [-0.2, -0.15) is 23.1 Å². The second kappa shape index (κ2) is 12.3. The number of carboxylic acid groups (broad SMARTS) is 2. The second-order valence-corrected chi connectivity index (χ2v) is 8.28. The number of aliphatic carboxylic acids is 2. The number of carboxylic acids is 2.